The van der Waals surface area contributed by atoms with E-state index in [4.69, 9.17) is 11.6 Å². The first-order valence-corrected chi connectivity index (χ1v) is 5.94. The second kappa shape index (κ2) is 5.61. The molecule has 90 valence electrons. The van der Waals surface area contributed by atoms with Gasteiger partial charge in [0.15, 0.2) is 5.78 Å². The van der Waals surface area contributed by atoms with Crippen LogP contribution in [-0.4, -0.2) is 10.8 Å². The monoisotopic (exact) mass is 257 g/mol. The van der Waals surface area contributed by atoms with Crippen molar-refractivity contribution < 1.29 is 4.79 Å². The smallest absolute Gasteiger partial charge is 0.161 e. The lowest BCUT2D eigenvalue weighted by Gasteiger charge is -2.02. The zero-order chi connectivity index (χ0) is 13.0. The number of halogens is 1. The van der Waals surface area contributed by atoms with Crippen LogP contribution in [0.15, 0.2) is 42.6 Å². The zero-order valence-corrected chi connectivity index (χ0v) is 10.7. The highest BCUT2D eigenvalue weighted by Gasteiger charge is 2.06. The Kier molecular flexibility index (Phi) is 3.90. The Bertz CT molecular complexity index is 591. The topological polar surface area (TPSA) is 30.0 Å². The summed E-state index contributed by atoms with van der Waals surface area (Å²) in [4.78, 5) is 15.4. The van der Waals surface area contributed by atoms with Crippen LogP contribution in [0.1, 0.15) is 28.4 Å². The van der Waals surface area contributed by atoms with E-state index >= 15 is 0 Å². The Morgan fingerprint density at radius 3 is 2.61 bits per heavy atom. The van der Waals surface area contributed by atoms with Gasteiger partial charge in [0, 0.05) is 11.8 Å². The molecule has 0 saturated heterocycles. The van der Waals surface area contributed by atoms with Crippen LogP contribution in [-0.2, 0) is 0 Å². The third-order valence-electron chi connectivity index (χ3n) is 2.54. The highest BCUT2D eigenvalue weighted by Crippen LogP contribution is 2.17. The average Bonchev–Trinajstić information content (AvgIpc) is 2.37. The first-order chi connectivity index (χ1) is 8.66. The molecule has 0 atom stereocenters. The first-order valence-electron chi connectivity index (χ1n) is 5.56. The van der Waals surface area contributed by atoms with Crippen molar-refractivity contribution in [1.82, 2.24) is 4.98 Å². The summed E-state index contributed by atoms with van der Waals surface area (Å²) >= 11 is 5.85. The summed E-state index contributed by atoms with van der Waals surface area (Å²) in [7, 11) is 0. The second-order valence-corrected chi connectivity index (χ2v) is 4.28. The zero-order valence-electron chi connectivity index (χ0n) is 9.93. The van der Waals surface area contributed by atoms with Gasteiger partial charge in [-0.2, -0.15) is 0 Å². The summed E-state index contributed by atoms with van der Waals surface area (Å²) < 4.78 is 0. The van der Waals surface area contributed by atoms with E-state index in [1.165, 1.54) is 13.1 Å². The number of rotatable bonds is 3. The van der Waals surface area contributed by atoms with Gasteiger partial charge in [0.1, 0.15) is 5.15 Å². The Morgan fingerprint density at radius 1 is 1.22 bits per heavy atom. The number of carbonyl (C=O) groups is 1. The predicted molar refractivity (Wildman–Crippen MR) is 74.6 cm³/mol. The fraction of sp³-hybridized carbons (Fsp3) is 0.0667. The van der Waals surface area contributed by atoms with Crippen LogP contribution in [0.3, 0.4) is 0 Å². The molecule has 0 aliphatic rings. The molecule has 2 nitrogen and oxygen atoms in total. The van der Waals surface area contributed by atoms with Crippen molar-refractivity contribution in [1.29, 1.82) is 0 Å². The molecule has 2 rings (SSSR count). The molecule has 1 aromatic carbocycles. The molecule has 0 unspecified atom stereocenters. The van der Waals surface area contributed by atoms with Gasteiger partial charge in [0.05, 0.1) is 0 Å². The lowest BCUT2D eigenvalue weighted by atomic mass is 10.1. The molecule has 1 heterocycles. The lowest BCUT2D eigenvalue weighted by Crippen LogP contribution is -1.97. The number of pyridine rings is 1. The molecule has 1 aromatic heterocycles. The minimum Gasteiger partial charge on any atom is -0.294 e. The van der Waals surface area contributed by atoms with Crippen molar-refractivity contribution in [3.63, 3.8) is 0 Å². The molecule has 0 fully saturated rings. The van der Waals surface area contributed by atoms with Gasteiger partial charge in [-0.25, -0.2) is 4.98 Å². The number of carbonyl (C=O) groups excluding carboxylic acids is 1. The molecule has 0 saturated carbocycles. The van der Waals surface area contributed by atoms with E-state index in [0.717, 1.165) is 11.1 Å². The molecule has 0 radical (unpaired) electrons. The van der Waals surface area contributed by atoms with Gasteiger partial charge in [0.25, 0.3) is 0 Å². The summed E-state index contributed by atoms with van der Waals surface area (Å²) in [6.07, 6.45) is 5.33. The van der Waals surface area contributed by atoms with Crippen LogP contribution in [0.25, 0.3) is 12.2 Å². The normalized spacial score (nSPS) is 10.8. The van der Waals surface area contributed by atoms with Crippen molar-refractivity contribution in [2.75, 3.05) is 0 Å². The van der Waals surface area contributed by atoms with Crippen LogP contribution in [0.4, 0.5) is 0 Å². The van der Waals surface area contributed by atoms with Crippen molar-refractivity contribution in [2.24, 2.45) is 0 Å². The third kappa shape index (κ3) is 3.05. The molecule has 0 amide bonds. The molecule has 2 aromatic rings. The van der Waals surface area contributed by atoms with Crippen LogP contribution in [0.5, 0.6) is 0 Å². The van der Waals surface area contributed by atoms with Gasteiger partial charge >= 0.3 is 0 Å². The maximum atomic E-state index is 11.5. The molecule has 0 N–H and O–H groups in total. The SMILES string of the molecule is CC(=O)c1cnc(Cl)cc1/C=C/c1ccccc1. The van der Waals surface area contributed by atoms with Gasteiger partial charge < -0.3 is 0 Å². The van der Waals surface area contributed by atoms with Gasteiger partial charge in [-0.1, -0.05) is 54.1 Å². The third-order valence-corrected chi connectivity index (χ3v) is 2.74. The standard InChI is InChI=1S/C15H12ClNO/c1-11(18)14-10-17-15(16)9-13(14)8-7-12-5-3-2-4-6-12/h2-10H,1H3/b8-7+. The number of benzene rings is 1. The van der Waals surface area contributed by atoms with Gasteiger partial charge in [-0.15, -0.1) is 0 Å². The Balaban J connectivity index is 2.36. The van der Waals surface area contributed by atoms with Crippen molar-refractivity contribution in [3.8, 4) is 0 Å². The lowest BCUT2D eigenvalue weighted by molar-refractivity contribution is 0.101. The number of aromatic nitrogens is 1. The van der Waals surface area contributed by atoms with E-state index in [9.17, 15) is 4.79 Å². The number of Topliss-reactive ketones (excluding diaryl/α,β-unsaturated/α-hetero) is 1. The van der Waals surface area contributed by atoms with Crippen molar-refractivity contribution in [3.05, 3.63) is 64.4 Å². The highest BCUT2D eigenvalue weighted by molar-refractivity contribution is 6.29. The number of hydrogen-bond donors (Lipinski definition) is 0. The van der Waals surface area contributed by atoms with E-state index in [2.05, 4.69) is 4.98 Å². The van der Waals surface area contributed by atoms with E-state index in [-0.39, 0.29) is 5.78 Å². The van der Waals surface area contributed by atoms with Crippen LogP contribution < -0.4 is 0 Å². The summed E-state index contributed by atoms with van der Waals surface area (Å²) in [5.74, 6) is -0.0214. The van der Waals surface area contributed by atoms with Gasteiger partial charge in [-0.3, -0.25) is 4.79 Å². The average molecular weight is 258 g/mol. The number of hydrogen-bond acceptors (Lipinski definition) is 2. The molecule has 0 bridgehead atoms. The van der Waals surface area contributed by atoms with Crippen LogP contribution in [0.2, 0.25) is 5.15 Å². The van der Waals surface area contributed by atoms with Crippen molar-refractivity contribution in [2.45, 2.75) is 6.92 Å². The summed E-state index contributed by atoms with van der Waals surface area (Å²) in [5.41, 5.74) is 2.43. The largest absolute Gasteiger partial charge is 0.294 e. The number of nitrogens with zero attached hydrogens (tertiary/aromatic N) is 1. The molecule has 0 spiro atoms. The molecular formula is C15H12ClNO. The van der Waals surface area contributed by atoms with E-state index in [0.29, 0.717) is 10.7 Å². The van der Waals surface area contributed by atoms with E-state index < -0.39 is 0 Å². The Hall–Kier alpha value is -1.93. The quantitative estimate of drug-likeness (QED) is 0.612. The van der Waals surface area contributed by atoms with E-state index in [1.807, 2.05) is 42.5 Å². The molecule has 0 aliphatic carbocycles. The molecular weight excluding hydrogens is 246 g/mol. The number of ketones is 1. The minimum absolute atomic E-state index is 0.0214. The predicted octanol–water partition coefficient (Wildman–Crippen LogP) is 4.11. The van der Waals surface area contributed by atoms with E-state index in [1.54, 1.807) is 6.07 Å². The second-order valence-electron chi connectivity index (χ2n) is 3.89. The van der Waals surface area contributed by atoms with Gasteiger partial charge in [-0.05, 0) is 24.1 Å². The summed E-state index contributed by atoms with van der Waals surface area (Å²) in [6, 6.07) is 11.6. The maximum absolute atomic E-state index is 11.5. The fourth-order valence-electron chi connectivity index (χ4n) is 1.63. The van der Waals surface area contributed by atoms with Crippen LogP contribution >= 0.6 is 11.6 Å². The Morgan fingerprint density at radius 2 is 1.94 bits per heavy atom. The first kappa shape index (κ1) is 12.5. The van der Waals surface area contributed by atoms with Gasteiger partial charge in [0.2, 0.25) is 0 Å². The maximum Gasteiger partial charge on any atom is 0.161 e. The Labute approximate surface area is 111 Å². The fourth-order valence-corrected chi connectivity index (χ4v) is 1.79. The van der Waals surface area contributed by atoms with Crippen molar-refractivity contribution >= 4 is 29.5 Å². The summed E-state index contributed by atoms with van der Waals surface area (Å²) in [5, 5.41) is 0.382. The van der Waals surface area contributed by atoms with Crippen LogP contribution in [0, 0.1) is 0 Å². The molecule has 18 heavy (non-hydrogen) atoms. The molecule has 3 heteroatoms. The minimum atomic E-state index is -0.0214. The summed E-state index contributed by atoms with van der Waals surface area (Å²) in [6.45, 7) is 1.52. The molecule has 0 aliphatic heterocycles. The highest BCUT2D eigenvalue weighted by atomic mass is 35.5.